The first-order chi connectivity index (χ1) is 16.7. The number of carbonyl (C=O) groups excluding carboxylic acids is 2. The summed E-state index contributed by atoms with van der Waals surface area (Å²) in [7, 11) is 0. The highest BCUT2D eigenvalue weighted by atomic mass is 35.5. The zero-order valence-electron chi connectivity index (χ0n) is 19.9. The molecule has 0 atom stereocenters. The van der Waals surface area contributed by atoms with Crippen LogP contribution in [0.15, 0.2) is 66.7 Å². The molecule has 3 aromatic rings. The van der Waals surface area contributed by atoms with Crippen molar-refractivity contribution < 1.29 is 19.1 Å². The average Bonchev–Trinajstić information content (AvgIpc) is 2.80. The Kier molecular flexibility index (Phi) is 7.17. The molecule has 0 radical (unpaired) electrons. The highest BCUT2D eigenvalue weighted by Crippen LogP contribution is 2.34. The number of nitrogens with one attached hydrogen (secondary N) is 2. The Morgan fingerprint density at radius 3 is 2.43 bits per heavy atom. The molecule has 2 N–H and O–H groups in total. The lowest BCUT2D eigenvalue weighted by molar-refractivity contribution is -0.121. The van der Waals surface area contributed by atoms with Gasteiger partial charge in [0.15, 0.2) is 6.61 Å². The number of urea groups is 1. The molecule has 0 saturated heterocycles. The summed E-state index contributed by atoms with van der Waals surface area (Å²) in [5.41, 5.74) is 2.96. The second-order valence-electron chi connectivity index (χ2n) is 9.23. The van der Waals surface area contributed by atoms with E-state index in [2.05, 4.69) is 43.5 Å². The molecule has 1 aliphatic rings. The van der Waals surface area contributed by atoms with E-state index in [1.165, 1.54) is 5.56 Å². The van der Waals surface area contributed by atoms with Crippen LogP contribution >= 0.6 is 11.6 Å². The summed E-state index contributed by atoms with van der Waals surface area (Å²) in [4.78, 5) is 26.6. The Morgan fingerprint density at radius 2 is 1.74 bits per heavy atom. The molecule has 3 amide bonds. The minimum absolute atomic E-state index is 0.0463. The fourth-order valence-electron chi connectivity index (χ4n) is 3.69. The number of nitrogens with zero attached hydrogens (tertiary/aromatic N) is 1. The lowest BCUT2D eigenvalue weighted by atomic mass is 9.87. The van der Waals surface area contributed by atoms with Gasteiger partial charge in [0.05, 0.1) is 12.2 Å². The van der Waals surface area contributed by atoms with E-state index in [9.17, 15) is 9.59 Å². The zero-order valence-corrected chi connectivity index (χ0v) is 20.7. The number of carbonyl (C=O) groups is 2. The molecule has 3 aromatic carbocycles. The Labute approximate surface area is 210 Å². The SMILES string of the molecule is CC(C)(C)c1ccc(OCCN2C(=O)COc3ccc(NC(=O)Nc4cccc(Cl)c4)cc32)cc1. The van der Waals surface area contributed by atoms with Crippen LogP contribution in [0.25, 0.3) is 0 Å². The standard InChI is InChI=1S/C27H28ClN3O4/c1-27(2,3)18-7-10-22(11-8-18)34-14-13-31-23-16-21(9-12-24(23)35-17-25(31)32)30-26(33)29-20-6-4-5-19(28)15-20/h4-12,15-16H,13-14,17H2,1-3H3,(H2,29,30,33). The van der Waals surface area contributed by atoms with Gasteiger partial charge < -0.3 is 25.0 Å². The Bertz CT molecular complexity index is 1220. The summed E-state index contributed by atoms with van der Waals surface area (Å²) in [5, 5.41) is 6.03. The number of ether oxygens (including phenoxy) is 2. The quantitative estimate of drug-likeness (QED) is 0.435. The summed E-state index contributed by atoms with van der Waals surface area (Å²) >= 11 is 5.97. The van der Waals surface area contributed by atoms with Crippen LogP contribution in [0.2, 0.25) is 5.02 Å². The van der Waals surface area contributed by atoms with E-state index in [1.807, 2.05) is 12.1 Å². The van der Waals surface area contributed by atoms with E-state index in [0.29, 0.717) is 41.0 Å². The van der Waals surface area contributed by atoms with Crippen molar-refractivity contribution >= 4 is 40.6 Å². The number of anilines is 3. The van der Waals surface area contributed by atoms with E-state index in [4.69, 9.17) is 21.1 Å². The largest absolute Gasteiger partial charge is 0.492 e. The Balaban J connectivity index is 1.40. The molecule has 1 aliphatic heterocycles. The normalized spacial score (nSPS) is 13.0. The monoisotopic (exact) mass is 493 g/mol. The number of benzene rings is 3. The average molecular weight is 494 g/mol. The van der Waals surface area contributed by atoms with Gasteiger partial charge in [0, 0.05) is 16.4 Å². The predicted octanol–water partition coefficient (Wildman–Crippen LogP) is 6.09. The third kappa shape index (κ3) is 6.25. The number of amides is 3. The number of fused-ring (bicyclic) bond motifs is 1. The first-order valence-electron chi connectivity index (χ1n) is 11.3. The van der Waals surface area contributed by atoms with Crippen molar-refractivity contribution in [1.29, 1.82) is 0 Å². The first-order valence-corrected chi connectivity index (χ1v) is 11.7. The Morgan fingerprint density at radius 1 is 1.03 bits per heavy atom. The van der Waals surface area contributed by atoms with Crippen LogP contribution in [0, 0.1) is 0 Å². The summed E-state index contributed by atoms with van der Waals surface area (Å²) in [5.74, 6) is 1.14. The number of halogens is 1. The van der Waals surface area contributed by atoms with Crippen molar-refractivity contribution in [2.45, 2.75) is 26.2 Å². The topological polar surface area (TPSA) is 79.9 Å². The van der Waals surface area contributed by atoms with Gasteiger partial charge in [-0.3, -0.25) is 4.79 Å². The lowest BCUT2D eigenvalue weighted by Gasteiger charge is -2.29. The minimum atomic E-state index is -0.427. The molecule has 0 aromatic heterocycles. The van der Waals surface area contributed by atoms with Crippen LogP contribution in [-0.4, -0.2) is 31.7 Å². The van der Waals surface area contributed by atoms with Gasteiger partial charge in [-0.1, -0.05) is 50.6 Å². The zero-order chi connectivity index (χ0) is 25.0. The molecule has 0 spiro atoms. The molecule has 182 valence electrons. The molecule has 7 nitrogen and oxygen atoms in total. The summed E-state index contributed by atoms with van der Waals surface area (Å²) in [6, 6.07) is 19.6. The molecule has 4 rings (SSSR count). The van der Waals surface area contributed by atoms with Crippen LogP contribution in [0.3, 0.4) is 0 Å². The maximum Gasteiger partial charge on any atom is 0.323 e. The van der Waals surface area contributed by atoms with Gasteiger partial charge in [-0.25, -0.2) is 4.79 Å². The summed E-state index contributed by atoms with van der Waals surface area (Å²) in [6.45, 7) is 7.09. The minimum Gasteiger partial charge on any atom is -0.492 e. The third-order valence-corrected chi connectivity index (χ3v) is 5.78. The van der Waals surface area contributed by atoms with E-state index >= 15 is 0 Å². The molecule has 35 heavy (non-hydrogen) atoms. The molecule has 1 heterocycles. The second kappa shape index (κ2) is 10.3. The van der Waals surface area contributed by atoms with Crippen LogP contribution in [0.5, 0.6) is 11.5 Å². The predicted molar refractivity (Wildman–Crippen MR) is 139 cm³/mol. The van der Waals surface area contributed by atoms with Crippen LogP contribution < -0.4 is 25.0 Å². The number of hydrogen-bond acceptors (Lipinski definition) is 4. The molecule has 8 heteroatoms. The van der Waals surface area contributed by atoms with E-state index < -0.39 is 6.03 Å². The van der Waals surface area contributed by atoms with Crippen molar-refractivity contribution in [2.75, 3.05) is 35.3 Å². The van der Waals surface area contributed by atoms with Crippen LogP contribution in [0.4, 0.5) is 21.9 Å². The van der Waals surface area contributed by atoms with Crippen LogP contribution in [-0.2, 0) is 10.2 Å². The van der Waals surface area contributed by atoms with Crippen molar-refractivity contribution in [3.05, 3.63) is 77.3 Å². The van der Waals surface area contributed by atoms with Gasteiger partial charge >= 0.3 is 6.03 Å². The van der Waals surface area contributed by atoms with Crippen molar-refractivity contribution in [3.8, 4) is 11.5 Å². The number of rotatable bonds is 6. The van der Waals surface area contributed by atoms with Gasteiger partial charge in [-0.05, 0) is 59.5 Å². The first kappa shape index (κ1) is 24.4. The summed E-state index contributed by atoms with van der Waals surface area (Å²) in [6.07, 6.45) is 0. The third-order valence-electron chi connectivity index (χ3n) is 5.55. The van der Waals surface area contributed by atoms with Crippen LogP contribution in [0.1, 0.15) is 26.3 Å². The second-order valence-corrected chi connectivity index (χ2v) is 9.67. The molecular weight excluding hydrogens is 466 g/mol. The summed E-state index contributed by atoms with van der Waals surface area (Å²) < 4.78 is 11.5. The van der Waals surface area contributed by atoms with Gasteiger partial charge in [0.1, 0.15) is 18.1 Å². The van der Waals surface area contributed by atoms with E-state index in [1.54, 1.807) is 47.4 Å². The molecule has 0 saturated carbocycles. The van der Waals surface area contributed by atoms with Gasteiger partial charge in [-0.2, -0.15) is 0 Å². The fourth-order valence-corrected chi connectivity index (χ4v) is 3.88. The maximum absolute atomic E-state index is 12.6. The molecule has 0 bridgehead atoms. The van der Waals surface area contributed by atoms with E-state index in [-0.39, 0.29) is 17.9 Å². The highest BCUT2D eigenvalue weighted by molar-refractivity contribution is 6.30. The van der Waals surface area contributed by atoms with Crippen molar-refractivity contribution in [3.63, 3.8) is 0 Å². The lowest BCUT2D eigenvalue weighted by Crippen LogP contribution is -2.41. The molecule has 0 unspecified atom stereocenters. The van der Waals surface area contributed by atoms with E-state index in [0.717, 1.165) is 5.75 Å². The van der Waals surface area contributed by atoms with Gasteiger partial charge in [-0.15, -0.1) is 0 Å². The van der Waals surface area contributed by atoms with Gasteiger partial charge in [0.25, 0.3) is 5.91 Å². The maximum atomic E-state index is 12.6. The van der Waals surface area contributed by atoms with Crippen molar-refractivity contribution in [1.82, 2.24) is 0 Å². The Hall–Kier alpha value is -3.71. The fraction of sp³-hybridized carbons (Fsp3) is 0.259. The molecule has 0 fully saturated rings. The highest BCUT2D eigenvalue weighted by Gasteiger charge is 2.26. The smallest absolute Gasteiger partial charge is 0.323 e. The number of hydrogen-bond donors (Lipinski definition) is 2. The molecular formula is C27H28ClN3O4. The molecule has 0 aliphatic carbocycles. The van der Waals surface area contributed by atoms with Crippen molar-refractivity contribution in [2.24, 2.45) is 0 Å². The van der Waals surface area contributed by atoms with Gasteiger partial charge in [0.2, 0.25) is 0 Å².